The number of hydrogen-bond donors (Lipinski definition) is 0. The molecule has 1 unspecified atom stereocenters. The summed E-state index contributed by atoms with van der Waals surface area (Å²) in [7, 11) is 0. The molecule has 1 atom stereocenters. The van der Waals surface area contributed by atoms with Crippen LogP contribution < -0.4 is 5.43 Å². The quantitative estimate of drug-likeness (QED) is 0.762. The maximum absolute atomic E-state index is 12.9. The van der Waals surface area contributed by atoms with E-state index in [0.717, 1.165) is 31.0 Å². The summed E-state index contributed by atoms with van der Waals surface area (Å²) in [5.74, 6) is -0.126. The average Bonchev–Trinajstić information content (AvgIpc) is 3.04. The molecule has 2 heterocycles. The minimum Gasteiger partial charge on any atom is -0.346 e. The Morgan fingerprint density at radius 3 is 2.48 bits per heavy atom. The van der Waals surface area contributed by atoms with E-state index in [1.807, 2.05) is 27.7 Å². The molecule has 0 radical (unpaired) electrons. The lowest BCUT2D eigenvalue weighted by Crippen LogP contribution is -2.38. The zero-order valence-electron chi connectivity index (χ0n) is 16.5. The standard InChI is InChI=1S/C20H33N3O2/c1-6-17-19(20(25)21(7-2)8-3)18(24)13-15(5)23(17)14-16-11-10-12-22(16)9-4/h13,16H,6-12,14H2,1-5H3. The van der Waals surface area contributed by atoms with Gasteiger partial charge in [0.05, 0.1) is 0 Å². The summed E-state index contributed by atoms with van der Waals surface area (Å²) < 4.78 is 2.22. The first-order valence-electron chi connectivity index (χ1n) is 9.74. The lowest BCUT2D eigenvalue weighted by Gasteiger charge is -2.28. The van der Waals surface area contributed by atoms with Crippen LogP contribution in [0.2, 0.25) is 0 Å². The van der Waals surface area contributed by atoms with Crippen molar-refractivity contribution in [2.75, 3.05) is 26.2 Å². The Morgan fingerprint density at radius 1 is 1.24 bits per heavy atom. The van der Waals surface area contributed by atoms with E-state index in [1.54, 1.807) is 11.0 Å². The van der Waals surface area contributed by atoms with Crippen LogP contribution >= 0.6 is 0 Å². The summed E-state index contributed by atoms with van der Waals surface area (Å²) in [5.41, 5.74) is 2.09. The zero-order valence-corrected chi connectivity index (χ0v) is 16.5. The van der Waals surface area contributed by atoms with Crippen LogP contribution in [0.15, 0.2) is 10.9 Å². The lowest BCUT2D eigenvalue weighted by molar-refractivity contribution is 0.0769. The van der Waals surface area contributed by atoms with Gasteiger partial charge in [0.1, 0.15) is 5.56 Å². The number of likely N-dealkylation sites (tertiary alicyclic amines) is 1. The Labute approximate surface area is 151 Å². The first kappa shape index (κ1) is 19.7. The van der Waals surface area contributed by atoms with Crippen molar-refractivity contribution in [1.29, 1.82) is 0 Å². The normalized spacial score (nSPS) is 17.9. The molecule has 0 N–H and O–H groups in total. The number of pyridine rings is 1. The average molecular weight is 348 g/mol. The summed E-state index contributed by atoms with van der Waals surface area (Å²) in [6.45, 7) is 14.4. The van der Waals surface area contributed by atoms with E-state index in [9.17, 15) is 9.59 Å². The van der Waals surface area contributed by atoms with E-state index < -0.39 is 0 Å². The van der Waals surface area contributed by atoms with Crippen LogP contribution in [0.1, 0.15) is 62.3 Å². The van der Waals surface area contributed by atoms with Gasteiger partial charge in [0, 0.05) is 43.1 Å². The van der Waals surface area contributed by atoms with Crippen molar-refractivity contribution in [2.24, 2.45) is 0 Å². The van der Waals surface area contributed by atoms with Crippen molar-refractivity contribution in [3.05, 3.63) is 33.2 Å². The summed E-state index contributed by atoms with van der Waals surface area (Å²) in [5, 5.41) is 0. The Balaban J connectivity index is 2.48. The monoisotopic (exact) mass is 347 g/mol. The zero-order chi connectivity index (χ0) is 18.6. The van der Waals surface area contributed by atoms with Crippen LogP contribution in [0.4, 0.5) is 0 Å². The molecule has 1 amide bonds. The largest absolute Gasteiger partial charge is 0.346 e. The van der Waals surface area contributed by atoms with Crippen LogP contribution in [0, 0.1) is 6.92 Å². The van der Waals surface area contributed by atoms with E-state index in [1.165, 1.54) is 12.8 Å². The minimum absolute atomic E-state index is 0.126. The second-order valence-electron chi connectivity index (χ2n) is 6.84. The number of amides is 1. The van der Waals surface area contributed by atoms with Gasteiger partial charge >= 0.3 is 0 Å². The van der Waals surface area contributed by atoms with Gasteiger partial charge in [-0.2, -0.15) is 0 Å². The molecule has 2 rings (SSSR count). The summed E-state index contributed by atoms with van der Waals surface area (Å²) >= 11 is 0. The van der Waals surface area contributed by atoms with Crippen molar-refractivity contribution in [3.8, 4) is 0 Å². The number of nitrogens with zero attached hydrogens (tertiary/aromatic N) is 3. The molecule has 0 aromatic carbocycles. The molecule has 140 valence electrons. The summed E-state index contributed by atoms with van der Waals surface area (Å²) in [6.07, 6.45) is 3.10. The molecule has 0 saturated carbocycles. The predicted molar refractivity (Wildman–Crippen MR) is 102 cm³/mol. The van der Waals surface area contributed by atoms with Gasteiger partial charge in [-0.1, -0.05) is 13.8 Å². The highest BCUT2D eigenvalue weighted by molar-refractivity contribution is 5.95. The van der Waals surface area contributed by atoms with Crippen LogP contribution in [0.3, 0.4) is 0 Å². The third kappa shape index (κ3) is 3.97. The fourth-order valence-electron chi connectivity index (χ4n) is 4.08. The Morgan fingerprint density at radius 2 is 1.92 bits per heavy atom. The van der Waals surface area contributed by atoms with Crippen LogP contribution in [0.25, 0.3) is 0 Å². The second-order valence-corrected chi connectivity index (χ2v) is 6.84. The smallest absolute Gasteiger partial charge is 0.259 e. The Hall–Kier alpha value is -1.62. The third-order valence-electron chi connectivity index (χ3n) is 5.52. The van der Waals surface area contributed by atoms with Gasteiger partial charge in [-0.25, -0.2) is 0 Å². The van der Waals surface area contributed by atoms with Crippen molar-refractivity contribution in [1.82, 2.24) is 14.4 Å². The molecule has 0 bridgehead atoms. The molecule has 1 aromatic rings. The van der Waals surface area contributed by atoms with Crippen LogP contribution in [0.5, 0.6) is 0 Å². The van der Waals surface area contributed by atoms with Crippen molar-refractivity contribution < 1.29 is 4.79 Å². The van der Waals surface area contributed by atoms with Crippen molar-refractivity contribution in [3.63, 3.8) is 0 Å². The second kappa shape index (κ2) is 8.65. The highest BCUT2D eigenvalue weighted by atomic mass is 16.2. The Bertz CT molecular complexity index is 662. The number of carbonyl (C=O) groups is 1. The molecule has 1 aliphatic rings. The minimum atomic E-state index is -0.138. The molecule has 5 heteroatoms. The lowest BCUT2D eigenvalue weighted by atomic mass is 10.1. The number of likely N-dealkylation sites (N-methyl/N-ethyl adjacent to an activating group) is 1. The van der Waals surface area contributed by atoms with Gasteiger partial charge in [0.2, 0.25) is 0 Å². The third-order valence-corrected chi connectivity index (χ3v) is 5.52. The first-order valence-corrected chi connectivity index (χ1v) is 9.74. The maximum atomic E-state index is 12.9. The van der Waals surface area contributed by atoms with Gasteiger partial charge in [0.25, 0.3) is 5.91 Å². The maximum Gasteiger partial charge on any atom is 0.259 e. The number of rotatable bonds is 7. The molecule has 25 heavy (non-hydrogen) atoms. The molecule has 5 nitrogen and oxygen atoms in total. The summed E-state index contributed by atoms with van der Waals surface area (Å²) in [6, 6.07) is 2.13. The SMILES string of the molecule is CCc1c(C(=O)N(CC)CC)c(=O)cc(C)n1CC1CCCN1CC. The number of carbonyl (C=O) groups excluding carboxylic acids is 1. The van der Waals surface area contributed by atoms with E-state index in [4.69, 9.17) is 0 Å². The van der Waals surface area contributed by atoms with Gasteiger partial charge in [-0.3, -0.25) is 14.5 Å². The van der Waals surface area contributed by atoms with Gasteiger partial charge in [0.15, 0.2) is 5.43 Å². The molecule has 1 aliphatic heterocycles. The molecular weight excluding hydrogens is 314 g/mol. The summed E-state index contributed by atoms with van der Waals surface area (Å²) in [4.78, 5) is 29.8. The van der Waals surface area contributed by atoms with E-state index in [-0.39, 0.29) is 11.3 Å². The van der Waals surface area contributed by atoms with Crippen LogP contribution in [-0.2, 0) is 13.0 Å². The highest BCUT2D eigenvalue weighted by Gasteiger charge is 2.27. The van der Waals surface area contributed by atoms with Gasteiger partial charge in [-0.05, 0) is 53.1 Å². The topological polar surface area (TPSA) is 45.6 Å². The molecular formula is C20H33N3O2. The molecule has 1 saturated heterocycles. The molecule has 1 fully saturated rings. The van der Waals surface area contributed by atoms with E-state index >= 15 is 0 Å². The number of aromatic nitrogens is 1. The highest BCUT2D eigenvalue weighted by Crippen LogP contribution is 2.21. The van der Waals surface area contributed by atoms with E-state index in [2.05, 4.69) is 16.4 Å². The van der Waals surface area contributed by atoms with Crippen molar-refractivity contribution >= 4 is 5.91 Å². The van der Waals surface area contributed by atoms with Crippen molar-refractivity contribution in [2.45, 2.75) is 66.5 Å². The van der Waals surface area contributed by atoms with Gasteiger partial charge in [-0.15, -0.1) is 0 Å². The van der Waals surface area contributed by atoms with E-state index in [0.29, 0.717) is 31.1 Å². The fraction of sp³-hybridized carbons (Fsp3) is 0.700. The fourth-order valence-corrected chi connectivity index (χ4v) is 4.08. The molecule has 0 spiro atoms. The Kier molecular flexibility index (Phi) is 6.82. The van der Waals surface area contributed by atoms with Crippen LogP contribution in [-0.4, -0.2) is 52.5 Å². The predicted octanol–water partition coefficient (Wildman–Crippen LogP) is 2.69. The number of aryl methyl sites for hydroxylation is 1. The molecule has 0 aliphatic carbocycles. The number of hydrogen-bond acceptors (Lipinski definition) is 3. The van der Waals surface area contributed by atoms with Gasteiger partial charge < -0.3 is 9.47 Å². The molecule has 1 aromatic heterocycles. The first-order chi connectivity index (χ1) is 12.0.